The molecule has 25 heavy (non-hydrogen) atoms. The van der Waals surface area contributed by atoms with Crippen LogP contribution in [0.25, 0.3) is 0 Å². The number of nitro groups is 1. The Bertz CT molecular complexity index is 758. The van der Waals surface area contributed by atoms with Gasteiger partial charge in [0.25, 0.3) is 5.69 Å². The molecule has 1 aliphatic rings. The van der Waals surface area contributed by atoms with E-state index in [4.69, 9.17) is 0 Å². The van der Waals surface area contributed by atoms with Crippen LogP contribution >= 0.6 is 0 Å². The van der Waals surface area contributed by atoms with Crippen LogP contribution in [-0.4, -0.2) is 66.7 Å². The van der Waals surface area contributed by atoms with E-state index in [0.717, 1.165) is 18.2 Å². The van der Waals surface area contributed by atoms with Gasteiger partial charge in [-0.05, 0) is 18.9 Å². The largest absolute Gasteiger partial charge is 0.477 e. The first-order chi connectivity index (χ1) is 11.7. The van der Waals surface area contributed by atoms with Crippen LogP contribution in [0.1, 0.15) is 23.2 Å². The maximum atomic E-state index is 12.4. The van der Waals surface area contributed by atoms with Crippen LogP contribution in [0, 0.1) is 10.1 Å². The van der Waals surface area contributed by atoms with Crippen molar-refractivity contribution >= 4 is 21.7 Å². The lowest BCUT2D eigenvalue weighted by molar-refractivity contribution is -0.385. The van der Waals surface area contributed by atoms with Gasteiger partial charge in [-0.25, -0.2) is 17.9 Å². The first-order valence-corrected chi connectivity index (χ1v) is 9.11. The number of nitrogens with one attached hydrogen (secondary N) is 1. The molecule has 0 spiro atoms. The van der Waals surface area contributed by atoms with Gasteiger partial charge >= 0.3 is 5.97 Å². The minimum absolute atomic E-state index is 0.0280. The van der Waals surface area contributed by atoms with Crippen LogP contribution in [0.15, 0.2) is 23.1 Å². The highest BCUT2D eigenvalue weighted by molar-refractivity contribution is 7.89. The van der Waals surface area contributed by atoms with Crippen molar-refractivity contribution in [2.45, 2.75) is 23.8 Å². The molecule has 10 nitrogen and oxygen atoms in total. The Kier molecular flexibility index (Phi) is 6.06. The summed E-state index contributed by atoms with van der Waals surface area (Å²) >= 11 is 0. The fourth-order valence-electron chi connectivity index (χ4n) is 2.67. The normalized spacial score (nSPS) is 16.7. The zero-order chi connectivity index (χ0) is 18.6. The number of rotatable bonds is 7. The number of aliphatic hydroxyl groups is 1. The number of carbonyl (C=O) groups is 1. The van der Waals surface area contributed by atoms with Gasteiger partial charge in [0.2, 0.25) is 10.0 Å². The van der Waals surface area contributed by atoms with Gasteiger partial charge in [0.1, 0.15) is 4.90 Å². The van der Waals surface area contributed by atoms with E-state index in [2.05, 4.69) is 4.72 Å². The zero-order valence-electron chi connectivity index (χ0n) is 13.3. The van der Waals surface area contributed by atoms with E-state index in [-0.39, 0.29) is 12.6 Å². The third kappa shape index (κ3) is 4.72. The number of hydrogen-bond acceptors (Lipinski definition) is 7. The molecule has 3 N–H and O–H groups in total. The lowest BCUT2D eigenvalue weighted by Gasteiger charge is -2.29. The van der Waals surface area contributed by atoms with Crippen molar-refractivity contribution in [3.8, 4) is 0 Å². The Balaban J connectivity index is 2.13. The highest BCUT2D eigenvalue weighted by Crippen LogP contribution is 2.25. The monoisotopic (exact) mass is 373 g/mol. The van der Waals surface area contributed by atoms with Gasteiger partial charge in [-0.3, -0.25) is 10.1 Å². The Morgan fingerprint density at radius 2 is 2.00 bits per heavy atom. The molecule has 1 heterocycles. The summed E-state index contributed by atoms with van der Waals surface area (Å²) < 4.78 is 27.0. The number of likely N-dealkylation sites (tertiary alicyclic amines) is 1. The molecule has 0 bridgehead atoms. The highest BCUT2D eigenvalue weighted by Gasteiger charge is 2.30. The number of aromatic carboxylic acids is 1. The van der Waals surface area contributed by atoms with Gasteiger partial charge in [-0.1, -0.05) is 6.07 Å². The lowest BCUT2D eigenvalue weighted by atomic mass is 10.1. The molecule has 1 saturated heterocycles. The number of hydrogen-bond donors (Lipinski definition) is 3. The maximum Gasteiger partial charge on any atom is 0.344 e. The molecule has 0 aliphatic carbocycles. The predicted molar refractivity (Wildman–Crippen MR) is 86.9 cm³/mol. The van der Waals surface area contributed by atoms with Crippen molar-refractivity contribution in [1.29, 1.82) is 0 Å². The standard InChI is InChI=1S/C14H19N3O7S/c18-10-4-7-16(8-5-10)9-6-15-25(23,24)12-3-1-2-11(17(21)22)13(12)14(19)20/h1-3,10,15,18H,4-9H2,(H,19,20). The zero-order valence-corrected chi connectivity index (χ0v) is 14.1. The molecule has 1 aromatic rings. The third-order valence-electron chi connectivity index (χ3n) is 3.98. The molecule has 0 amide bonds. The smallest absolute Gasteiger partial charge is 0.344 e. The van der Waals surface area contributed by atoms with Crippen molar-refractivity contribution in [2.24, 2.45) is 0 Å². The molecule has 0 saturated carbocycles. The predicted octanol–water partition coefficient (Wildman–Crippen LogP) is 0.0280. The topological polar surface area (TPSA) is 150 Å². The molecule has 1 fully saturated rings. The summed E-state index contributed by atoms with van der Waals surface area (Å²) in [7, 11) is -4.21. The second-order valence-electron chi connectivity index (χ2n) is 5.68. The summed E-state index contributed by atoms with van der Waals surface area (Å²) in [6, 6.07) is 3.10. The van der Waals surface area contributed by atoms with Gasteiger partial charge in [0, 0.05) is 32.2 Å². The van der Waals surface area contributed by atoms with Crippen LogP contribution in [0.3, 0.4) is 0 Å². The molecule has 11 heteroatoms. The van der Waals surface area contributed by atoms with Gasteiger partial charge < -0.3 is 15.1 Å². The van der Waals surface area contributed by atoms with E-state index in [1.54, 1.807) is 0 Å². The van der Waals surface area contributed by atoms with Crippen molar-refractivity contribution in [3.05, 3.63) is 33.9 Å². The molecular weight excluding hydrogens is 354 g/mol. The number of sulfonamides is 1. The molecule has 138 valence electrons. The molecule has 0 unspecified atom stereocenters. The fraction of sp³-hybridized carbons (Fsp3) is 0.500. The van der Waals surface area contributed by atoms with Crippen LogP contribution in [0.5, 0.6) is 0 Å². The summed E-state index contributed by atoms with van der Waals surface area (Å²) in [5, 5.41) is 29.6. The average Bonchev–Trinajstić information content (AvgIpc) is 2.55. The molecule has 2 rings (SSSR count). The molecule has 0 aromatic heterocycles. The molecule has 1 aliphatic heterocycles. The highest BCUT2D eigenvalue weighted by atomic mass is 32.2. The summed E-state index contributed by atoms with van der Waals surface area (Å²) in [5.41, 5.74) is -1.64. The fourth-order valence-corrected chi connectivity index (χ4v) is 3.90. The second-order valence-corrected chi connectivity index (χ2v) is 7.42. The van der Waals surface area contributed by atoms with Crippen molar-refractivity contribution in [2.75, 3.05) is 26.2 Å². The van der Waals surface area contributed by atoms with Crippen LogP contribution in [-0.2, 0) is 10.0 Å². The number of carboxylic acids is 1. The first-order valence-electron chi connectivity index (χ1n) is 7.63. The van der Waals surface area contributed by atoms with Crippen LogP contribution < -0.4 is 4.72 Å². The Labute approximate surface area is 144 Å². The van der Waals surface area contributed by atoms with Gasteiger partial charge in [0.15, 0.2) is 5.56 Å². The average molecular weight is 373 g/mol. The number of carboxylic acid groups (broad SMARTS) is 1. The second kappa shape index (κ2) is 7.87. The Morgan fingerprint density at radius 1 is 1.36 bits per heavy atom. The summed E-state index contributed by atoms with van der Waals surface area (Å²) in [6.45, 7) is 1.70. The first kappa shape index (κ1) is 19.2. The van der Waals surface area contributed by atoms with Crippen molar-refractivity contribution in [3.63, 3.8) is 0 Å². The van der Waals surface area contributed by atoms with E-state index in [1.165, 1.54) is 0 Å². The van der Waals surface area contributed by atoms with E-state index in [0.29, 0.717) is 32.5 Å². The Hall–Kier alpha value is -2.08. The van der Waals surface area contributed by atoms with E-state index >= 15 is 0 Å². The molecule has 0 radical (unpaired) electrons. The van der Waals surface area contributed by atoms with Gasteiger partial charge in [0.05, 0.1) is 11.0 Å². The van der Waals surface area contributed by atoms with E-state index < -0.39 is 37.1 Å². The van der Waals surface area contributed by atoms with Gasteiger partial charge in [-0.15, -0.1) is 0 Å². The number of aliphatic hydroxyl groups excluding tert-OH is 1. The quantitative estimate of drug-likeness (QED) is 0.447. The number of nitro benzene ring substituents is 1. The van der Waals surface area contributed by atoms with Crippen molar-refractivity contribution < 1.29 is 28.3 Å². The molecule has 0 atom stereocenters. The maximum absolute atomic E-state index is 12.4. The molecule has 1 aromatic carbocycles. The third-order valence-corrected chi connectivity index (χ3v) is 5.48. The number of piperidine rings is 1. The lowest BCUT2D eigenvalue weighted by Crippen LogP contribution is -2.40. The summed E-state index contributed by atoms with van der Waals surface area (Å²) in [6.07, 6.45) is 0.887. The van der Waals surface area contributed by atoms with E-state index in [1.807, 2.05) is 4.90 Å². The summed E-state index contributed by atoms with van der Waals surface area (Å²) in [5.74, 6) is -1.68. The van der Waals surface area contributed by atoms with Gasteiger partial charge in [-0.2, -0.15) is 0 Å². The summed E-state index contributed by atoms with van der Waals surface area (Å²) in [4.78, 5) is 22.7. The number of nitrogens with zero attached hydrogens (tertiary/aromatic N) is 2. The minimum atomic E-state index is -4.21. The Morgan fingerprint density at radius 3 is 2.56 bits per heavy atom. The van der Waals surface area contributed by atoms with Crippen LogP contribution in [0.2, 0.25) is 0 Å². The van der Waals surface area contributed by atoms with Crippen molar-refractivity contribution in [1.82, 2.24) is 9.62 Å². The molecular formula is C14H19N3O7S. The SMILES string of the molecule is O=C(O)c1c([N+](=O)[O-])cccc1S(=O)(=O)NCCN1CCC(O)CC1. The number of benzene rings is 1. The minimum Gasteiger partial charge on any atom is -0.477 e. The van der Waals surface area contributed by atoms with E-state index in [9.17, 15) is 33.5 Å². The van der Waals surface area contributed by atoms with Crippen LogP contribution in [0.4, 0.5) is 5.69 Å².